The second-order valence-corrected chi connectivity index (χ2v) is 7.02. The van der Waals surface area contributed by atoms with Crippen LogP contribution < -0.4 is 15.0 Å². The fourth-order valence-electron chi connectivity index (χ4n) is 2.77. The van der Waals surface area contributed by atoms with Crippen LogP contribution in [-0.4, -0.2) is 42.9 Å². The average Bonchev–Trinajstić information content (AvgIpc) is 2.53. The largest absolute Gasteiger partial charge is 0.490 e. The van der Waals surface area contributed by atoms with Crippen LogP contribution in [0.3, 0.4) is 0 Å². The van der Waals surface area contributed by atoms with Gasteiger partial charge in [0, 0.05) is 37.0 Å². The summed E-state index contributed by atoms with van der Waals surface area (Å²) < 4.78 is 10.4. The molecular weight excluding hydrogens is 326 g/mol. The number of nitrogens with one attached hydrogen (secondary N) is 1. The Labute approximate surface area is 147 Å². The van der Waals surface area contributed by atoms with Crippen molar-refractivity contribution in [1.82, 2.24) is 5.32 Å². The van der Waals surface area contributed by atoms with E-state index in [1.165, 1.54) is 13.2 Å². The normalized spacial score (nSPS) is 15.6. The minimum Gasteiger partial charge on any atom is -0.490 e. The highest BCUT2D eigenvalue weighted by molar-refractivity contribution is 5.68. The van der Waals surface area contributed by atoms with Crippen LogP contribution in [0.4, 0.5) is 16.2 Å². The lowest BCUT2D eigenvalue weighted by Gasteiger charge is -2.34. The quantitative estimate of drug-likeness (QED) is 0.662. The molecule has 138 valence electrons. The van der Waals surface area contributed by atoms with E-state index in [1.54, 1.807) is 12.1 Å². The van der Waals surface area contributed by atoms with Crippen molar-refractivity contribution >= 4 is 17.5 Å². The summed E-state index contributed by atoms with van der Waals surface area (Å²) in [6.07, 6.45) is 1.15. The van der Waals surface area contributed by atoms with Crippen LogP contribution in [0.5, 0.6) is 5.75 Å². The van der Waals surface area contributed by atoms with Gasteiger partial charge in [0.1, 0.15) is 5.60 Å². The zero-order valence-corrected chi connectivity index (χ0v) is 15.1. The molecule has 0 bridgehead atoms. The third kappa shape index (κ3) is 5.23. The first-order chi connectivity index (χ1) is 11.7. The van der Waals surface area contributed by atoms with E-state index in [-0.39, 0.29) is 17.5 Å². The molecule has 0 radical (unpaired) electrons. The molecule has 8 nitrogen and oxygen atoms in total. The number of ether oxygens (including phenoxy) is 2. The summed E-state index contributed by atoms with van der Waals surface area (Å²) in [7, 11) is 1.42. The molecule has 1 aromatic carbocycles. The summed E-state index contributed by atoms with van der Waals surface area (Å²) in [5.74, 6) is 0.247. The predicted octanol–water partition coefficient (Wildman–Crippen LogP) is 3.10. The van der Waals surface area contributed by atoms with Gasteiger partial charge >= 0.3 is 11.8 Å². The lowest BCUT2D eigenvalue weighted by Crippen LogP contribution is -2.46. The number of nitro groups is 1. The number of amides is 1. The van der Waals surface area contributed by atoms with Crippen LogP contribution in [0.25, 0.3) is 0 Å². The smallest absolute Gasteiger partial charge is 0.407 e. The molecule has 0 spiro atoms. The number of anilines is 1. The molecular formula is C17H25N3O5. The molecule has 1 fully saturated rings. The number of hydrogen-bond acceptors (Lipinski definition) is 6. The van der Waals surface area contributed by atoms with Gasteiger partial charge in [-0.1, -0.05) is 0 Å². The van der Waals surface area contributed by atoms with E-state index in [1.807, 2.05) is 20.8 Å². The van der Waals surface area contributed by atoms with Crippen molar-refractivity contribution in [2.24, 2.45) is 0 Å². The first-order valence-electron chi connectivity index (χ1n) is 8.26. The molecule has 1 heterocycles. The van der Waals surface area contributed by atoms with E-state index >= 15 is 0 Å². The van der Waals surface area contributed by atoms with Gasteiger partial charge in [-0.05, 0) is 39.7 Å². The Morgan fingerprint density at radius 1 is 1.32 bits per heavy atom. The Morgan fingerprint density at radius 3 is 2.48 bits per heavy atom. The summed E-state index contributed by atoms with van der Waals surface area (Å²) in [4.78, 5) is 24.5. The molecule has 1 amide bonds. The maximum atomic E-state index is 11.8. The zero-order chi connectivity index (χ0) is 18.6. The number of nitro benzene ring substituents is 1. The number of rotatable bonds is 4. The molecule has 25 heavy (non-hydrogen) atoms. The molecule has 1 aromatic rings. The Bertz CT molecular complexity index is 634. The Kier molecular flexibility index (Phi) is 5.71. The molecule has 1 aliphatic rings. The molecule has 0 aromatic heterocycles. The third-order valence-electron chi connectivity index (χ3n) is 3.94. The van der Waals surface area contributed by atoms with Crippen molar-refractivity contribution in [3.63, 3.8) is 0 Å². The molecule has 1 saturated heterocycles. The Morgan fingerprint density at radius 2 is 1.96 bits per heavy atom. The van der Waals surface area contributed by atoms with Crippen molar-refractivity contribution < 1.29 is 19.2 Å². The van der Waals surface area contributed by atoms with Gasteiger partial charge in [0.15, 0.2) is 5.75 Å². The zero-order valence-electron chi connectivity index (χ0n) is 15.1. The predicted molar refractivity (Wildman–Crippen MR) is 94.3 cm³/mol. The van der Waals surface area contributed by atoms with Crippen molar-refractivity contribution in [2.75, 3.05) is 25.1 Å². The summed E-state index contributed by atoms with van der Waals surface area (Å²) in [6.45, 7) is 6.97. The van der Waals surface area contributed by atoms with Crippen LogP contribution in [0, 0.1) is 10.1 Å². The summed E-state index contributed by atoms with van der Waals surface area (Å²) in [5.41, 5.74) is 0.311. The second-order valence-electron chi connectivity index (χ2n) is 7.02. The van der Waals surface area contributed by atoms with Crippen LogP contribution in [0.2, 0.25) is 0 Å². The average molecular weight is 351 g/mol. The highest BCUT2D eigenvalue weighted by Crippen LogP contribution is 2.32. The van der Waals surface area contributed by atoms with Crippen molar-refractivity contribution in [2.45, 2.75) is 45.3 Å². The van der Waals surface area contributed by atoms with Crippen molar-refractivity contribution in [3.8, 4) is 5.75 Å². The van der Waals surface area contributed by atoms with Gasteiger partial charge in [-0.25, -0.2) is 4.79 Å². The van der Waals surface area contributed by atoms with Gasteiger partial charge < -0.3 is 19.7 Å². The number of carbonyl (C=O) groups is 1. The van der Waals surface area contributed by atoms with E-state index in [9.17, 15) is 14.9 Å². The minimum absolute atomic E-state index is 0.0484. The van der Waals surface area contributed by atoms with Crippen LogP contribution in [0.15, 0.2) is 18.2 Å². The number of piperidine rings is 1. The third-order valence-corrected chi connectivity index (χ3v) is 3.94. The molecule has 1 aliphatic heterocycles. The summed E-state index contributed by atoms with van der Waals surface area (Å²) in [6, 6.07) is 4.92. The molecule has 0 atom stereocenters. The van der Waals surface area contributed by atoms with E-state index < -0.39 is 16.6 Å². The summed E-state index contributed by atoms with van der Waals surface area (Å²) in [5, 5.41) is 13.9. The molecule has 0 unspecified atom stereocenters. The van der Waals surface area contributed by atoms with Gasteiger partial charge in [0.25, 0.3) is 0 Å². The fourth-order valence-corrected chi connectivity index (χ4v) is 2.77. The van der Waals surface area contributed by atoms with Gasteiger partial charge in [-0.2, -0.15) is 0 Å². The lowest BCUT2D eigenvalue weighted by molar-refractivity contribution is -0.385. The first kappa shape index (κ1) is 18.8. The van der Waals surface area contributed by atoms with E-state index in [0.29, 0.717) is 0 Å². The molecule has 1 N–H and O–H groups in total. The van der Waals surface area contributed by atoms with Gasteiger partial charge in [-0.15, -0.1) is 0 Å². The SMILES string of the molecule is COc1cc(N2CCC(NC(=O)OC(C)(C)C)CC2)ccc1[N+](=O)[O-]. The summed E-state index contributed by atoms with van der Waals surface area (Å²) >= 11 is 0. The maximum Gasteiger partial charge on any atom is 0.407 e. The number of methoxy groups -OCH3 is 1. The van der Waals surface area contributed by atoms with Gasteiger partial charge in [0.2, 0.25) is 0 Å². The second kappa shape index (κ2) is 7.58. The van der Waals surface area contributed by atoms with Crippen LogP contribution >= 0.6 is 0 Å². The lowest BCUT2D eigenvalue weighted by atomic mass is 10.0. The van der Waals surface area contributed by atoms with E-state index in [0.717, 1.165) is 31.6 Å². The minimum atomic E-state index is -0.514. The van der Waals surface area contributed by atoms with Crippen molar-refractivity contribution in [3.05, 3.63) is 28.3 Å². The van der Waals surface area contributed by atoms with Crippen LogP contribution in [0.1, 0.15) is 33.6 Å². The number of hydrogen-bond donors (Lipinski definition) is 1. The highest BCUT2D eigenvalue weighted by Gasteiger charge is 2.25. The standard InChI is InChI=1S/C17H25N3O5/c1-17(2,3)25-16(21)18-12-7-9-19(10-8-12)13-5-6-14(20(22)23)15(11-13)24-4/h5-6,11-12H,7-10H2,1-4H3,(H,18,21). The molecule has 2 rings (SSSR count). The molecule has 0 saturated carbocycles. The van der Waals surface area contributed by atoms with Crippen molar-refractivity contribution in [1.29, 1.82) is 0 Å². The Balaban J connectivity index is 1.94. The van der Waals surface area contributed by atoms with Gasteiger partial charge in [0.05, 0.1) is 12.0 Å². The fraction of sp³-hybridized carbons (Fsp3) is 0.588. The number of nitrogens with zero attached hydrogens (tertiary/aromatic N) is 2. The maximum absolute atomic E-state index is 11.8. The van der Waals surface area contributed by atoms with E-state index in [2.05, 4.69) is 10.2 Å². The molecule has 0 aliphatic carbocycles. The monoisotopic (exact) mass is 351 g/mol. The molecule has 8 heteroatoms. The number of benzene rings is 1. The topological polar surface area (TPSA) is 93.9 Å². The van der Waals surface area contributed by atoms with Crippen LogP contribution in [-0.2, 0) is 4.74 Å². The van der Waals surface area contributed by atoms with Gasteiger partial charge in [-0.3, -0.25) is 10.1 Å². The Hall–Kier alpha value is -2.51. The number of carbonyl (C=O) groups excluding carboxylic acids is 1. The van der Waals surface area contributed by atoms with E-state index in [4.69, 9.17) is 9.47 Å². The highest BCUT2D eigenvalue weighted by atomic mass is 16.6. The first-order valence-corrected chi connectivity index (χ1v) is 8.26. The number of alkyl carbamates (subject to hydrolysis) is 1.